The summed E-state index contributed by atoms with van der Waals surface area (Å²) in [5.74, 6) is 0.245. The van der Waals surface area contributed by atoms with Gasteiger partial charge in [-0.15, -0.1) is 0 Å². The fourth-order valence-electron chi connectivity index (χ4n) is 10.8. The molecule has 0 spiro atoms. The van der Waals surface area contributed by atoms with E-state index in [1.165, 1.54) is 4.90 Å². The Morgan fingerprint density at radius 1 is 0.359 bits per heavy atom. The van der Waals surface area contributed by atoms with Gasteiger partial charge in [-0.1, -0.05) is 145 Å². The van der Waals surface area contributed by atoms with Crippen molar-refractivity contribution in [3.05, 3.63) is 166 Å². The number of amides is 2. The van der Waals surface area contributed by atoms with Gasteiger partial charge in [0.15, 0.2) is 0 Å². The Bertz CT molecular complexity index is 3690. The summed E-state index contributed by atoms with van der Waals surface area (Å²) in [4.78, 5) is 60.5. The van der Waals surface area contributed by atoms with Gasteiger partial charge in [-0.2, -0.15) is 0 Å². The molecular weight excluding hydrogens is 975 g/mol. The lowest BCUT2D eigenvalue weighted by atomic mass is 9.81. The van der Waals surface area contributed by atoms with E-state index in [-0.39, 0.29) is 73.5 Å². The van der Waals surface area contributed by atoms with Crippen molar-refractivity contribution in [1.82, 2.24) is 4.90 Å². The normalized spacial score (nSPS) is 14.0. The minimum atomic E-state index is -0.852. The van der Waals surface area contributed by atoms with Crippen molar-refractivity contribution in [3.8, 4) is 46.0 Å². The first-order chi connectivity index (χ1) is 36.8. The molecule has 10 nitrogen and oxygen atoms in total. The Morgan fingerprint density at radius 3 is 0.872 bits per heavy atom. The molecule has 2 amide bonds. The van der Waals surface area contributed by atoms with Crippen LogP contribution in [-0.4, -0.2) is 35.2 Å². The molecule has 2 heterocycles. The number of unbranched alkanes of at least 4 members (excludes halogenated alkanes) is 1. The van der Waals surface area contributed by atoms with Crippen LogP contribution < -0.4 is 18.9 Å². The second-order valence-electron chi connectivity index (χ2n) is 25.0. The summed E-state index contributed by atoms with van der Waals surface area (Å²) in [6, 6.07) is 37.9. The van der Waals surface area contributed by atoms with Crippen molar-refractivity contribution in [2.45, 2.75) is 125 Å². The average Bonchev–Trinajstić information content (AvgIpc) is 2.33. The van der Waals surface area contributed by atoms with E-state index < -0.39 is 23.8 Å². The molecular formula is C68H65NO9. The van der Waals surface area contributed by atoms with Crippen LogP contribution in [0.3, 0.4) is 0 Å². The molecule has 11 rings (SSSR count). The van der Waals surface area contributed by atoms with Gasteiger partial charge in [0.2, 0.25) is 0 Å². The highest BCUT2D eigenvalue weighted by Crippen LogP contribution is 2.58. The number of ether oxygens (including phenoxy) is 5. The Labute approximate surface area is 455 Å². The third kappa shape index (κ3) is 8.94. The first kappa shape index (κ1) is 51.8. The quantitative estimate of drug-likeness (QED) is 0.0410. The molecule has 0 aromatic heterocycles. The van der Waals surface area contributed by atoms with E-state index in [1.54, 1.807) is 24.3 Å². The molecule has 0 atom stereocenters. The van der Waals surface area contributed by atoms with Gasteiger partial charge < -0.3 is 23.7 Å². The number of hydrogen-bond donors (Lipinski definition) is 0. The van der Waals surface area contributed by atoms with Crippen LogP contribution in [0.15, 0.2) is 121 Å². The second kappa shape index (κ2) is 18.5. The predicted octanol–water partition coefficient (Wildman–Crippen LogP) is 17.8. The highest BCUT2D eigenvalue weighted by atomic mass is 16.6. The first-order valence-corrected chi connectivity index (χ1v) is 26.9. The molecule has 0 aliphatic carbocycles. The largest absolute Gasteiger partial charge is 0.457 e. The van der Waals surface area contributed by atoms with E-state index in [9.17, 15) is 9.59 Å². The minimum absolute atomic E-state index is 0.0958. The number of carbonyl (C=O) groups excluding carboxylic acids is 4. The number of hydrogen-bond acceptors (Lipinski definition) is 9. The van der Waals surface area contributed by atoms with E-state index in [0.717, 1.165) is 28.7 Å². The number of rotatable bonds is 11. The number of imide groups is 1. The van der Waals surface area contributed by atoms with Crippen LogP contribution in [-0.2, 0) is 26.4 Å². The maximum atomic E-state index is 15.2. The van der Waals surface area contributed by atoms with Gasteiger partial charge in [0.1, 0.15) is 46.0 Å². The van der Waals surface area contributed by atoms with Gasteiger partial charge in [0.05, 0.1) is 22.3 Å². The van der Waals surface area contributed by atoms with Gasteiger partial charge in [0.25, 0.3) is 11.8 Å². The van der Waals surface area contributed by atoms with Gasteiger partial charge in [-0.05, 0) is 123 Å². The van der Waals surface area contributed by atoms with Crippen LogP contribution in [0.5, 0.6) is 46.0 Å². The predicted molar refractivity (Wildman–Crippen MR) is 309 cm³/mol. The lowest BCUT2D eigenvalue weighted by molar-refractivity contribution is 0.0389. The molecule has 0 saturated heterocycles. The smallest absolute Gasteiger partial charge is 0.346 e. The summed E-state index contributed by atoms with van der Waals surface area (Å²) in [5.41, 5.74) is 4.44. The summed E-state index contributed by atoms with van der Waals surface area (Å²) in [6.07, 6.45) is 1.34. The first-order valence-electron chi connectivity index (χ1n) is 26.9. The Hall–Kier alpha value is -8.24. The zero-order valence-electron chi connectivity index (χ0n) is 46.8. The van der Waals surface area contributed by atoms with Crippen LogP contribution in [0.25, 0.3) is 43.1 Å². The van der Waals surface area contributed by atoms with Gasteiger partial charge >= 0.3 is 11.9 Å². The van der Waals surface area contributed by atoms with Crippen LogP contribution >= 0.6 is 0 Å². The number of carbonyl (C=O) groups is 4. The topological polar surface area (TPSA) is 118 Å². The third-order valence-electron chi connectivity index (χ3n) is 15.3. The summed E-state index contributed by atoms with van der Waals surface area (Å²) in [6.45, 7) is 27.9. The van der Waals surface area contributed by atoms with Crippen molar-refractivity contribution in [1.29, 1.82) is 0 Å². The SMILES string of the molecule is CCCCN1C(=O)c2cc(Oc3ccc(C(C)(C)C)cc3)c3c4c(Oc5ccc(C(C)(C)C)cc5)cc5c6c(cc(Oc7ccc(C(C)(C)C)cc7)c(c7c(Oc8ccc(C(C)(C)C)cc8)cc(c2c37)C1=O)c64)C(=O)OC5=O. The summed E-state index contributed by atoms with van der Waals surface area (Å²) < 4.78 is 33.9. The lowest BCUT2D eigenvalue weighted by Gasteiger charge is -2.31. The third-order valence-corrected chi connectivity index (χ3v) is 15.3. The molecule has 9 aromatic carbocycles. The standard InChI is InChI=1S/C68H65NO9/c1-14-15-32-69-61(70)45-33-49(74-41-24-16-37(17-25-41)65(2,3)4)55-57-51(76-43-28-20-39(21-29-43)67(8,9)10)35-47-54-48(64(73)78-63(47)72)36-52(77-44-30-22-40(23-31-44)68(11,12)13)58(60(54)57)56-50(34-46(62(69)71)53(45)59(55)56)75-42-26-18-38(19-27-42)66(5,6)7/h16-31,33-36H,14-15,32H2,1-13H3. The average molecular weight is 1040 g/mol. The monoisotopic (exact) mass is 1040 g/mol. The molecule has 0 unspecified atom stereocenters. The molecule has 2 aliphatic heterocycles. The molecule has 0 fully saturated rings. The molecule has 2 aliphatic rings. The highest BCUT2D eigenvalue weighted by molar-refractivity contribution is 6.44. The number of esters is 2. The van der Waals surface area contributed by atoms with Crippen LogP contribution in [0.1, 0.15) is 167 Å². The van der Waals surface area contributed by atoms with Gasteiger partial charge in [-0.3, -0.25) is 14.5 Å². The highest BCUT2D eigenvalue weighted by Gasteiger charge is 2.40. The van der Waals surface area contributed by atoms with Gasteiger partial charge in [-0.25, -0.2) is 9.59 Å². The van der Waals surface area contributed by atoms with Crippen molar-refractivity contribution in [2.24, 2.45) is 0 Å². The van der Waals surface area contributed by atoms with Crippen molar-refractivity contribution < 1.29 is 42.9 Å². The lowest BCUT2D eigenvalue weighted by Crippen LogP contribution is -2.41. The maximum Gasteiger partial charge on any atom is 0.346 e. The number of nitrogens with zero attached hydrogens (tertiary/aromatic N) is 1. The Morgan fingerprint density at radius 2 is 0.615 bits per heavy atom. The molecule has 0 bridgehead atoms. The van der Waals surface area contributed by atoms with E-state index in [0.29, 0.717) is 72.5 Å². The van der Waals surface area contributed by atoms with E-state index in [4.69, 9.17) is 23.7 Å². The molecule has 396 valence electrons. The van der Waals surface area contributed by atoms with Gasteiger partial charge in [0, 0.05) is 49.6 Å². The molecule has 0 N–H and O–H groups in total. The minimum Gasteiger partial charge on any atom is -0.457 e. The molecule has 0 radical (unpaired) electrons. The fraction of sp³-hybridized carbons (Fsp3) is 0.294. The number of cyclic esters (lactones) is 2. The molecule has 78 heavy (non-hydrogen) atoms. The summed E-state index contributed by atoms with van der Waals surface area (Å²) in [5, 5.41) is 3.36. The van der Waals surface area contributed by atoms with Crippen molar-refractivity contribution in [3.63, 3.8) is 0 Å². The summed E-state index contributed by atoms with van der Waals surface area (Å²) >= 11 is 0. The zero-order chi connectivity index (χ0) is 55.5. The molecule has 0 saturated carbocycles. The Balaban J connectivity index is 1.34. The number of fused-ring (bicyclic) bond motifs is 2. The van der Waals surface area contributed by atoms with E-state index in [2.05, 4.69) is 83.1 Å². The van der Waals surface area contributed by atoms with E-state index in [1.807, 2.05) is 104 Å². The maximum absolute atomic E-state index is 15.2. The second-order valence-corrected chi connectivity index (χ2v) is 25.0. The summed E-state index contributed by atoms with van der Waals surface area (Å²) in [7, 11) is 0. The fourth-order valence-corrected chi connectivity index (χ4v) is 10.8. The zero-order valence-corrected chi connectivity index (χ0v) is 46.8. The van der Waals surface area contributed by atoms with Crippen molar-refractivity contribution in [2.75, 3.05) is 6.54 Å². The number of benzene rings is 9. The molecule has 10 heteroatoms. The van der Waals surface area contributed by atoms with Crippen molar-refractivity contribution >= 4 is 66.8 Å². The molecule has 9 aromatic rings. The van der Waals surface area contributed by atoms with Crippen LogP contribution in [0.2, 0.25) is 0 Å². The Kier molecular flexibility index (Phi) is 12.3. The van der Waals surface area contributed by atoms with Crippen LogP contribution in [0, 0.1) is 0 Å². The van der Waals surface area contributed by atoms with E-state index >= 15 is 9.59 Å². The van der Waals surface area contributed by atoms with Crippen LogP contribution in [0.4, 0.5) is 0 Å².